The lowest BCUT2D eigenvalue weighted by atomic mass is 10.1. The van der Waals surface area contributed by atoms with Gasteiger partial charge in [-0.3, -0.25) is 4.99 Å². The van der Waals surface area contributed by atoms with Crippen molar-refractivity contribution in [2.45, 2.75) is 31.1 Å². The molecule has 1 aromatic rings. The first kappa shape index (κ1) is 14.4. The van der Waals surface area contributed by atoms with E-state index >= 15 is 0 Å². The molecule has 0 aliphatic carbocycles. The molecule has 0 amide bonds. The highest BCUT2D eigenvalue weighted by Crippen LogP contribution is 2.22. The van der Waals surface area contributed by atoms with Crippen LogP contribution in [0.3, 0.4) is 0 Å². The van der Waals surface area contributed by atoms with Gasteiger partial charge in [0.1, 0.15) is 0 Å². The second kappa shape index (κ2) is 5.67. The molecule has 1 saturated heterocycles. The van der Waals surface area contributed by atoms with Crippen LogP contribution < -0.4 is 0 Å². The van der Waals surface area contributed by atoms with Crippen molar-refractivity contribution >= 4 is 16.0 Å². The van der Waals surface area contributed by atoms with Crippen LogP contribution in [0.4, 0.5) is 0 Å². The minimum Gasteiger partial charge on any atom is -0.342 e. The first-order chi connectivity index (χ1) is 10.1. The largest absolute Gasteiger partial charge is 0.342 e. The number of guanidine groups is 1. The van der Waals surface area contributed by atoms with Gasteiger partial charge in [-0.25, -0.2) is 12.7 Å². The smallest absolute Gasteiger partial charge is 0.266 e. The van der Waals surface area contributed by atoms with Gasteiger partial charge in [-0.1, -0.05) is 17.7 Å². The normalized spacial score (nSPS) is 19.8. The molecule has 0 saturated carbocycles. The Bertz CT molecular complexity index is 631. The Balaban J connectivity index is 1.87. The number of aryl methyl sites for hydroxylation is 1. The Morgan fingerprint density at radius 3 is 2.33 bits per heavy atom. The highest BCUT2D eigenvalue weighted by molar-refractivity contribution is 7.89. The van der Waals surface area contributed by atoms with Crippen molar-refractivity contribution in [3.8, 4) is 0 Å². The number of hydrogen-bond donors (Lipinski definition) is 0. The molecular formula is C15H21N3O2S. The molecular weight excluding hydrogens is 286 g/mol. The molecule has 1 fully saturated rings. The Kier molecular flexibility index (Phi) is 3.89. The minimum atomic E-state index is -3.49. The van der Waals surface area contributed by atoms with Crippen LogP contribution >= 0.6 is 0 Å². The Hall–Kier alpha value is -1.56. The number of rotatable bonds is 2. The van der Waals surface area contributed by atoms with E-state index in [4.69, 9.17) is 0 Å². The fraction of sp³-hybridized carbons (Fsp3) is 0.533. The third kappa shape index (κ3) is 2.77. The van der Waals surface area contributed by atoms with E-state index in [9.17, 15) is 8.42 Å². The Labute approximate surface area is 126 Å². The number of hydrogen-bond acceptors (Lipinski definition) is 4. The van der Waals surface area contributed by atoms with Gasteiger partial charge in [0.25, 0.3) is 10.0 Å². The summed E-state index contributed by atoms with van der Waals surface area (Å²) in [6, 6.07) is 7.02. The molecule has 2 aliphatic rings. The topological polar surface area (TPSA) is 53.0 Å². The lowest BCUT2D eigenvalue weighted by Crippen LogP contribution is -2.46. The van der Waals surface area contributed by atoms with Gasteiger partial charge >= 0.3 is 0 Å². The van der Waals surface area contributed by atoms with Gasteiger partial charge in [-0.15, -0.1) is 0 Å². The van der Waals surface area contributed by atoms with E-state index in [-0.39, 0.29) is 0 Å². The third-order valence-electron chi connectivity index (χ3n) is 4.03. The lowest BCUT2D eigenvalue weighted by Gasteiger charge is -2.32. The molecule has 0 bridgehead atoms. The van der Waals surface area contributed by atoms with Gasteiger partial charge in [0.05, 0.1) is 18.0 Å². The summed E-state index contributed by atoms with van der Waals surface area (Å²) >= 11 is 0. The molecule has 5 nitrogen and oxygen atoms in total. The van der Waals surface area contributed by atoms with E-state index < -0.39 is 10.0 Å². The summed E-state index contributed by atoms with van der Waals surface area (Å²) in [6.07, 6.45) is 3.43. The average molecular weight is 307 g/mol. The number of likely N-dealkylation sites (tertiary alicyclic amines) is 1. The van der Waals surface area contributed by atoms with Gasteiger partial charge in [-0.05, 0) is 38.3 Å². The number of nitrogens with zero attached hydrogens (tertiary/aromatic N) is 3. The van der Waals surface area contributed by atoms with Crippen LogP contribution in [0.5, 0.6) is 0 Å². The van der Waals surface area contributed by atoms with Crippen LogP contribution in [-0.2, 0) is 10.0 Å². The highest BCUT2D eigenvalue weighted by atomic mass is 32.2. The summed E-state index contributed by atoms with van der Waals surface area (Å²) in [5.74, 6) is 0.635. The van der Waals surface area contributed by atoms with Crippen LogP contribution in [0.1, 0.15) is 24.8 Å². The van der Waals surface area contributed by atoms with Crippen molar-refractivity contribution in [2.24, 2.45) is 4.99 Å². The van der Waals surface area contributed by atoms with Crippen LogP contribution in [0.25, 0.3) is 0 Å². The molecule has 0 unspecified atom stereocenters. The second-order valence-corrected chi connectivity index (χ2v) is 7.48. The summed E-state index contributed by atoms with van der Waals surface area (Å²) in [7, 11) is -3.49. The molecule has 3 rings (SSSR count). The van der Waals surface area contributed by atoms with Crippen LogP contribution in [-0.4, -0.2) is 49.8 Å². The van der Waals surface area contributed by atoms with Crippen LogP contribution in [0, 0.1) is 6.92 Å². The van der Waals surface area contributed by atoms with Crippen LogP contribution in [0.15, 0.2) is 34.2 Å². The summed E-state index contributed by atoms with van der Waals surface area (Å²) < 4.78 is 27.1. The molecule has 1 aromatic carbocycles. The zero-order valence-electron chi connectivity index (χ0n) is 12.3. The van der Waals surface area contributed by atoms with Gasteiger partial charge in [-0.2, -0.15) is 0 Å². The van der Waals surface area contributed by atoms with E-state index in [2.05, 4.69) is 9.89 Å². The predicted molar refractivity (Wildman–Crippen MR) is 82.8 cm³/mol. The van der Waals surface area contributed by atoms with E-state index in [1.54, 1.807) is 12.1 Å². The fourth-order valence-corrected chi connectivity index (χ4v) is 4.28. The van der Waals surface area contributed by atoms with Gasteiger partial charge in [0, 0.05) is 13.1 Å². The molecule has 0 radical (unpaired) electrons. The van der Waals surface area contributed by atoms with Crippen molar-refractivity contribution in [3.63, 3.8) is 0 Å². The van der Waals surface area contributed by atoms with Crippen molar-refractivity contribution < 1.29 is 8.42 Å². The molecule has 2 aliphatic heterocycles. The van der Waals surface area contributed by atoms with Crippen molar-refractivity contribution in [3.05, 3.63) is 29.8 Å². The first-order valence-electron chi connectivity index (χ1n) is 7.48. The van der Waals surface area contributed by atoms with E-state index in [0.717, 1.165) is 31.5 Å². The maximum absolute atomic E-state index is 12.8. The number of sulfonamides is 1. The van der Waals surface area contributed by atoms with Gasteiger partial charge < -0.3 is 4.90 Å². The molecule has 6 heteroatoms. The summed E-state index contributed by atoms with van der Waals surface area (Å²) in [6.45, 7) is 4.75. The first-order valence-corrected chi connectivity index (χ1v) is 8.92. The maximum Gasteiger partial charge on any atom is 0.266 e. The zero-order chi connectivity index (χ0) is 14.9. The standard InChI is InChI=1S/C15H21N3O2S/c1-13-5-7-14(8-6-13)21(19,20)18-12-9-16-15(18)17-10-3-2-4-11-17/h5-8H,2-4,9-12H2,1H3. The molecule has 114 valence electrons. The average Bonchev–Trinajstić information content (AvgIpc) is 2.99. The van der Waals surface area contributed by atoms with E-state index in [1.807, 2.05) is 19.1 Å². The number of aliphatic imine (C=N–C) groups is 1. The molecule has 0 spiro atoms. The molecule has 0 aromatic heterocycles. The summed E-state index contributed by atoms with van der Waals surface area (Å²) in [5, 5.41) is 0. The zero-order valence-corrected chi connectivity index (χ0v) is 13.1. The van der Waals surface area contributed by atoms with Crippen molar-refractivity contribution in [2.75, 3.05) is 26.2 Å². The monoisotopic (exact) mass is 307 g/mol. The Morgan fingerprint density at radius 1 is 1.00 bits per heavy atom. The van der Waals surface area contributed by atoms with E-state index in [0.29, 0.717) is 23.9 Å². The SMILES string of the molecule is Cc1ccc(S(=O)(=O)N2CCN=C2N2CCCCC2)cc1. The Morgan fingerprint density at radius 2 is 1.67 bits per heavy atom. The fourth-order valence-electron chi connectivity index (χ4n) is 2.84. The molecule has 0 atom stereocenters. The van der Waals surface area contributed by atoms with Gasteiger partial charge in [0.15, 0.2) is 0 Å². The molecule has 0 N–H and O–H groups in total. The maximum atomic E-state index is 12.8. The van der Waals surface area contributed by atoms with Gasteiger partial charge in [0.2, 0.25) is 5.96 Å². The lowest BCUT2D eigenvalue weighted by molar-refractivity contribution is 0.321. The van der Waals surface area contributed by atoms with E-state index in [1.165, 1.54) is 10.7 Å². The third-order valence-corrected chi connectivity index (χ3v) is 5.82. The molecule has 21 heavy (non-hydrogen) atoms. The number of piperidine rings is 1. The highest BCUT2D eigenvalue weighted by Gasteiger charge is 2.33. The van der Waals surface area contributed by atoms with Crippen molar-refractivity contribution in [1.82, 2.24) is 9.21 Å². The quantitative estimate of drug-likeness (QED) is 0.838. The number of benzene rings is 1. The minimum absolute atomic E-state index is 0.347. The summed E-state index contributed by atoms with van der Waals surface area (Å²) in [5.41, 5.74) is 1.06. The molecule has 2 heterocycles. The second-order valence-electron chi connectivity index (χ2n) is 5.62. The van der Waals surface area contributed by atoms with Crippen molar-refractivity contribution in [1.29, 1.82) is 0 Å². The summed E-state index contributed by atoms with van der Waals surface area (Å²) in [4.78, 5) is 6.90. The predicted octanol–water partition coefficient (Wildman–Crippen LogP) is 1.84. The van der Waals surface area contributed by atoms with Crippen LogP contribution in [0.2, 0.25) is 0 Å².